The first-order valence-corrected chi connectivity index (χ1v) is 4.87. The molecule has 1 saturated heterocycles. The summed E-state index contributed by atoms with van der Waals surface area (Å²) in [4.78, 5) is 23.2. The first kappa shape index (κ1) is 11.7. The first-order chi connectivity index (χ1) is 6.83. The molecular weight excluding hydrogens is 198 g/mol. The van der Waals surface area contributed by atoms with Gasteiger partial charge in [-0.1, -0.05) is 0 Å². The van der Waals surface area contributed by atoms with Crippen LogP contribution in [-0.2, 0) is 4.74 Å². The number of carbonyl (C=O) groups is 1. The number of rotatable bonds is 2. The van der Waals surface area contributed by atoms with Crippen molar-refractivity contribution < 1.29 is 9.53 Å². The third-order valence-electron chi connectivity index (χ3n) is 2.17. The van der Waals surface area contributed by atoms with E-state index >= 15 is 0 Å². The van der Waals surface area contributed by atoms with Crippen molar-refractivity contribution in [3.05, 3.63) is 4.91 Å². The van der Waals surface area contributed by atoms with Crippen molar-refractivity contribution in [3.8, 4) is 0 Å². The summed E-state index contributed by atoms with van der Waals surface area (Å²) in [6, 6.07) is 0.0232. The fourth-order valence-corrected chi connectivity index (χ4v) is 1.23. The van der Waals surface area contributed by atoms with Gasteiger partial charge in [0.15, 0.2) is 0 Å². The molecule has 0 N–H and O–H groups in total. The molecule has 1 heterocycles. The molecule has 0 aromatic rings. The van der Waals surface area contributed by atoms with Crippen molar-refractivity contribution in [2.75, 3.05) is 20.1 Å². The Bertz CT molecular complexity index is 256. The largest absolute Gasteiger partial charge is 0.444 e. The van der Waals surface area contributed by atoms with Crippen molar-refractivity contribution in [1.29, 1.82) is 0 Å². The van der Waals surface area contributed by atoms with E-state index in [1.807, 2.05) is 20.8 Å². The topological polar surface area (TPSA) is 62.2 Å². The molecular formula is C9H17N3O3. The Hall–Kier alpha value is -1.33. The highest BCUT2D eigenvalue weighted by atomic mass is 16.6. The molecule has 6 heteroatoms. The van der Waals surface area contributed by atoms with E-state index in [0.29, 0.717) is 13.1 Å². The minimum absolute atomic E-state index is 0.0232. The molecule has 6 nitrogen and oxygen atoms in total. The molecule has 1 aliphatic heterocycles. The number of ether oxygens (including phenoxy) is 1. The van der Waals surface area contributed by atoms with Crippen LogP contribution >= 0.6 is 0 Å². The third-order valence-corrected chi connectivity index (χ3v) is 2.17. The van der Waals surface area contributed by atoms with Crippen LogP contribution in [0.3, 0.4) is 0 Å². The van der Waals surface area contributed by atoms with Crippen molar-refractivity contribution in [2.24, 2.45) is 5.29 Å². The molecule has 0 spiro atoms. The monoisotopic (exact) mass is 215 g/mol. The lowest BCUT2D eigenvalue weighted by Gasteiger charge is -2.41. The molecule has 0 saturated carbocycles. The van der Waals surface area contributed by atoms with E-state index in [2.05, 4.69) is 5.29 Å². The Balaban J connectivity index is 2.33. The van der Waals surface area contributed by atoms with Gasteiger partial charge in [-0.3, -0.25) is 5.01 Å². The lowest BCUT2D eigenvalue weighted by molar-refractivity contribution is -0.0107. The van der Waals surface area contributed by atoms with Gasteiger partial charge in [-0.2, -0.15) is 0 Å². The van der Waals surface area contributed by atoms with Crippen LogP contribution in [-0.4, -0.2) is 47.8 Å². The molecule has 0 aromatic heterocycles. The van der Waals surface area contributed by atoms with E-state index in [9.17, 15) is 9.70 Å². The van der Waals surface area contributed by atoms with Gasteiger partial charge in [-0.25, -0.2) is 4.79 Å². The van der Waals surface area contributed by atoms with Gasteiger partial charge in [0.25, 0.3) is 0 Å². The quantitative estimate of drug-likeness (QED) is 0.513. The predicted molar refractivity (Wildman–Crippen MR) is 55.2 cm³/mol. The molecule has 1 rings (SSSR count). The number of hydrogen-bond acceptors (Lipinski definition) is 4. The number of likely N-dealkylation sites (N-methyl/N-ethyl adjacent to an activating group) is 1. The minimum atomic E-state index is -0.475. The van der Waals surface area contributed by atoms with Crippen LogP contribution in [0.4, 0.5) is 4.79 Å². The highest BCUT2D eigenvalue weighted by Gasteiger charge is 2.36. The maximum atomic E-state index is 11.5. The van der Waals surface area contributed by atoms with Crippen LogP contribution in [0.15, 0.2) is 5.29 Å². The number of likely N-dealkylation sites (tertiary alicyclic amines) is 1. The van der Waals surface area contributed by atoms with Gasteiger partial charge in [-0.15, -0.1) is 4.91 Å². The zero-order valence-electron chi connectivity index (χ0n) is 9.56. The summed E-state index contributed by atoms with van der Waals surface area (Å²) in [7, 11) is 1.60. The lowest BCUT2D eigenvalue weighted by atomic mass is 10.1. The van der Waals surface area contributed by atoms with E-state index < -0.39 is 5.60 Å². The summed E-state index contributed by atoms with van der Waals surface area (Å²) in [5.41, 5.74) is -0.475. The van der Waals surface area contributed by atoms with E-state index in [4.69, 9.17) is 4.74 Å². The first-order valence-electron chi connectivity index (χ1n) is 4.87. The highest BCUT2D eigenvalue weighted by Crippen LogP contribution is 2.17. The summed E-state index contributed by atoms with van der Waals surface area (Å²) in [6.07, 6.45) is -0.335. The van der Waals surface area contributed by atoms with E-state index in [1.165, 1.54) is 5.01 Å². The Kier molecular flexibility index (Phi) is 3.16. The van der Waals surface area contributed by atoms with Gasteiger partial charge in [0, 0.05) is 20.1 Å². The van der Waals surface area contributed by atoms with Gasteiger partial charge < -0.3 is 9.64 Å². The molecule has 0 atom stereocenters. The number of amides is 1. The standard InChI is InChI=1S/C9H17N3O3/c1-9(2,3)15-8(13)12-5-7(6-12)11(4)10-14/h7H,5-6H2,1-4H3. The molecule has 0 bridgehead atoms. The van der Waals surface area contributed by atoms with Crippen LogP contribution in [0.2, 0.25) is 0 Å². The van der Waals surface area contributed by atoms with Gasteiger partial charge in [-0.05, 0) is 20.8 Å². The van der Waals surface area contributed by atoms with Gasteiger partial charge in [0.2, 0.25) is 0 Å². The van der Waals surface area contributed by atoms with Crippen molar-refractivity contribution in [3.63, 3.8) is 0 Å². The van der Waals surface area contributed by atoms with Crippen molar-refractivity contribution in [1.82, 2.24) is 9.91 Å². The summed E-state index contributed by atoms with van der Waals surface area (Å²) < 4.78 is 5.16. The van der Waals surface area contributed by atoms with Crippen LogP contribution in [0.25, 0.3) is 0 Å². The fraction of sp³-hybridized carbons (Fsp3) is 0.889. The molecule has 0 radical (unpaired) electrons. The highest BCUT2D eigenvalue weighted by molar-refractivity contribution is 5.69. The second-order valence-corrected chi connectivity index (χ2v) is 4.69. The molecule has 0 aromatic carbocycles. The molecule has 86 valence electrons. The average molecular weight is 215 g/mol. The molecule has 1 amide bonds. The van der Waals surface area contributed by atoms with Gasteiger partial charge >= 0.3 is 6.09 Å². The molecule has 0 unspecified atom stereocenters. The normalized spacial score (nSPS) is 16.9. The van der Waals surface area contributed by atoms with Gasteiger partial charge in [0.05, 0.1) is 11.3 Å². The lowest BCUT2D eigenvalue weighted by Crippen LogP contribution is -2.59. The second kappa shape index (κ2) is 4.04. The van der Waals surface area contributed by atoms with E-state index in [0.717, 1.165) is 0 Å². The van der Waals surface area contributed by atoms with Crippen LogP contribution < -0.4 is 0 Å². The predicted octanol–water partition coefficient (Wildman–Crippen LogP) is 1.22. The number of carbonyl (C=O) groups excluding carboxylic acids is 1. The molecule has 15 heavy (non-hydrogen) atoms. The number of nitrogens with zero attached hydrogens (tertiary/aromatic N) is 3. The Labute approximate surface area is 89.1 Å². The fourth-order valence-electron chi connectivity index (χ4n) is 1.23. The Morgan fingerprint density at radius 1 is 1.47 bits per heavy atom. The zero-order chi connectivity index (χ0) is 11.6. The van der Waals surface area contributed by atoms with E-state index in [1.54, 1.807) is 11.9 Å². The smallest absolute Gasteiger partial charge is 0.410 e. The van der Waals surface area contributed by atoms with E-state index in [-0.39, 0.29) is 12.1 Å². The van der Waals surface area contributed by atoms with Crippen LogP contribution in [0, 0.1) is 4.91 Å². The number of hydrogen-bond donors (Lipinski definition) is 0. The minimum Gasteiger partial charge on any atom is -0.444 e. The summed E-state index contributed by atoms with van der Waals surface area (Å²) in [5, 5.41) is 4.10. The summed E-state index contributed by atoms with van der Waals surface area (Å²) >= 11 is 0. The number of nitroso groups, excluding NO2 is 1. The molecule has 1 aliphatic rings. The summed E-state index contributed by atoms with van der Waals surface area (Å²) in [5.74, 6) is 0. The van der Waals surface area contributed by atoms with Crippen molar-refractivity contribution >= 4 is 6.09 Å². The zero-order valence-corrected chi connectivity index (χ0v) is 9.56. The van der Waals surface area contributed by atoms with Crippen molar-refractivity contribution in [2.45, 2.75) is 32.4 Å². The SMILES string of the molecule is CN(N=O)C1CN(C(=O)OC(C)(C)C)C1. The maximum absolute atomic E-state index is 11.5. The Morgan fingerprint density at radius 2 is 2.00 bits per heavy atom. The molecule has 0 aliphatic carbocycles. The second-order valence-electron chi connectivity index (χ2n) is 4.69. The van der Waals surface area contributed by atoms with Crippen LogP contribution in [0.1, 0.15) is 20.8 Å². The Morgan fingerprint density at radius 3 is 2.40 bits per heavy atom. The molecule has 1 fully saturated rings. The average Bonchev–Trinajstić information content (AvgIpc) is 1.97. The summed E-state index contributed by atoms with van der Waals surface area (Å²) in [6.45, 7) is 6.46. The van der Waals surface area contributed by atoms with Gasteiger partial charge in [0.1, 0.15) is 5.60 Å². The third kappa shape index (κ3) is 3.07. The maximum Gasteiger partial charge on any atom is 0.410 e. The van der Waals surface area contributed by atoms with Crippen LogP contribution in [0.5, 0.6) is 0 Å².